The number of nitrogens with one attached hydrogen (secondary N) is 1. The van der Waals surface area contributed by atoms with Gasteiger partial charge in [0.05, 0.1) is 24.2 Å². The third kappa shape index (κ3) is 4.92. The lowest BCUT2D eigenvalue weighted by Crippen LogP contribution is -2.32. The Balaban J connectivity index is 1.73. The number of thiazole rings is 1. The van der Waals surface area contributed by atoms with Crippen LogP contribution in [-0.4, -0.2) is 24.5 Å². The Hall–Kier alpha value is -2.66. The van der Waals surface area contributed by atoms with Crippen molar-refractivity contribution in [2.75, 3.05) is 13.7 Å². The van der Waals surface area contributed by atoms with Gasteiger partial charge in [0.1, 0.15) is 5.75 Å². The molecule has 1 atom stereocenters. The summed E-state index contributed by atoms with van der Waals surface area (Å²) in [5, 5.41) is 5.07. The van der Waals surface area contributed by atoms with E-state index in [0.29, 0.717) is 13.0 Å². The minimum atomic E-state index is -0.261. The second-order valence-corrected chi connectivity index (χ2v) is 6.76. The van der Waals surface area contributed by atoms with E-state index in [-0.39, 0.29) is 11.8 Å². The minimum absolute atomic E-state index is 0.0253. The van der Waals surface area contributed by atoms with Crippen molar-refractivity contribution in [3.8, 4) is 5.75 Å². The van der Waals surface area contributed by atoms with Gasteiger partial charge in [-0.2, -0.15) is 0 Å². The van der Waals surface area contributed by atoms with E-state index in [4.69, 9.17) is 4.74 Å². The van der Waals surface area contributed by atoms with Gasteiger partial charge in [-0.15, -0.1) is 11.3 Å². The van der Waals surface area contributed by atoms with Crippen molar-refractivity contribution in [3.63, 3.8) is 0 Å². The van der Waals surface area contributed by atoms with E-state index in [9.17, 15) is 4.79 Å². The molecule has 1 heterocycles. The topological polar surface area (TPSA) is 51.2 Å². The third-order valence-corrected chi connectivity index (χ3v) is 4.89. The van der Waals surface area contributed by atoms with E-state index < -0.39 is 0 Å². The summed E-state index contributed by atoms with van der Waals surface area (Å²) < 4.78 is 5.33. The highest BCUT2D eigenvalue weighted by Crippen LogP contribution is 2.25. The molecule has 1 amide bonds. The van der Waals surface area contributed by atoms with Crippen LogP contribution in [0, 0.1) is 0 Å². The van der Waals surface area contributed by atoms with Crippen molar-refractivity contribution < 1.29 is 9.53 Å². The van der Waals surface area contributed by atoms with Crippen LogP contribution in [0.25, 0.3) is 0 Å². The molecule has 1 N–H and O–H groups in total. The fourth-order valence-corrected chi connectivity index (χ4v) is 3.46. The van der Waals surface area contributed by atoms with Crippen LogP contribution in [0.5, 0.6) is 5.75 Å². The maximum Gasteiger partial charge on any atom is 0.227 e. The fourth-order valence-electron chi connectivity index (χ4n) is 2.87. The zero-order valence-electron chi connectivity index (χ0n) is 14.7. The first-order valence-corrected chi connectivity index (χ1v) is 9.53. The molecule has 3 aromatic rings. The van der Waals surface area contributed by atoms with E-state index in [0.717, 1.165) is 29.0 Å². The summed E-state index contributed by atoms with van der Waals surface area (Å²) in [4.78, 5) is 17.2. The molecule has 0 saturated carbocycles. The molecular weight excluding hydrogens is 344 g/mol. The van der Waals surface area contributed by atoms with Crippen LogP contribution in [0.4, 0.5) is 0 Å². The number of benzene rings is 2. The monoisotopic (exact) mass is 366 g/mol. The second kappa shape index (κ2) is 9.15. The fraction of sp³-hybridized carbons (Fsp3) is 0.238. The summed E-state index contributed by atoms with van der Waals surface area (Å²) in [6.45, 7) is 0.581. The van der Waals surface area contributed by atoms with Crippen molar-refractivity contribution in [1.82, 2.24) is 10.3 Å². The molecule has 0 bridgehead atoms. The number of hydrogen-bond donors (Lipinski definition) is 1. The average Bonchev–Trinajstić information content (AvgIpc) is 3.20. The zero-order valence-corrected chi connectivity index (χ0v) is 15.5. The molecule has 0 aliphatic rings. The van der Waals surface area contributed by atoms with Gasteiger partial charge < -0.3 is 10.1 Å². The molecule has 1 unspecified atom stereocenters. The number of ether oxygens (including phenoxy) is 1. The first-order valence-electron chi connectivity index (χ1n) is 8.59. The predicted octanol–water partition coefficient (Wildman–Crippen LogP) is 3.84. The summed E-state index contributed by atoms with van der Waals surface area (Å²) in [5.41, 5.74) is 4.91. The quantitative estimate of drug-likeness (QED) is 0.659. The molecule has 26 heavy (non-hydrogen) atoms. The SMILES string of the molecule is COc1cccc(C(Cc2ccccc2)C(=O)NCCc2cscn2)c1. The van der Waals surface area contributed by atoms with E-state index in [1.807, 2.05) is 53.4 Å². The zero-order chi connectivity index (χ0) is 18.2. The lowest BCUT2D eigenvalue weighted by Gasteiger charge is -2.18. The molecule has 4 nitrogen and oxygen atoms in total. The van der Waals surface area contributed by atoms with Crippen LogP contribution in [-0.2, 0) is 17.6 Å². The molecule has 3 rings (SSSR count). The van der Waals surface area contributed by atoms with Crippen molar-refractivity contribution in [2.24, 2.45) is 0 Å². The lowest BCUT2D eigenvalue weighted by molar-refractivity contribution is -0.122. The number of nitrogens with zero attached hydrogens (tertiary/aromatic N) is 1. The molecule has 0 radical (unpaired) electrons. The van der Waals surface area contributed by atoms with Gasteiger partial charge in [-0.3, -0.25) is 4.79 Å². The highest BCUT2D eigenvalue weighted by atomic mass is 32.1. The van der Waals surface area contributed by atoms with Gasteiger partial charge in [0.25, 0.3) is 0 Å². The molecule has 0 fully saturated rings. The van der Waals surface area contributed by atoms with Gasteiger partial charge in [-0.05, 0) is 29.7 Å². The first kappa shape index (κ1) is 18.1. The number of carbonyl (C=O) groups is 1. The highest BCUT2D eigenvalue weighted by Gasteiger charge is 2.21. The average molecular weight is 366 g/mol. The smallest absolute Gasteiger partial charge is 0.227 e. The Kier molecular flexibility index (Phi) is 6.39. The number of aromatic nitrogens is 1. The van der Waals surface area contributed by atoms with Gasteiger partial charge in [-0.1, -0.05) is 42.5 Å². The first-order chi connectivity index (χ1) is 12.8. The van der Waals surface area contributed by atoms with E-state index >= 15 is 0 Å². The van der Waals surface area contributed by atoms with Crippen molar-refractivity contribution >= 4 is 17.2 Å². The molecular formula is C21H22N2O2S. The summed E-state index contributed by atoms with van der Waals surface area (Å²) >= 11 is 1.57. The predicted molar refractivity (Wildman–Crippen MR) is 105 cm³/mol. The van der Waals surface area contributed by atoms with E-state index in [2.05, 4.69) is 22.4 Å². The molecule has 0 aliphatic heterocycles. The van der Waals surface area contributed by atoms with Crippen LogP contribution in [0.15, 0.2) is 65.5 Å². The Labute approximate surface area is 157 Å². The minimum Gasteiger partial charge on any atom is -0.497 e. The van der Waals surface area contributed by atoms with E-state index in [1.165, 1.54) is 0 Å². The normalized spacial score (nSPS) is 11.7. The molecule has 134 valence electrons. The largest absolute Gasteiger partial charge is 0.497 e. The molecule has 5 heteroatoms. The summed E-state index contributed by atoms with van der Waals surface area (Å²) in [5.74, 6) is 0.524. The number of amides is 1. The van der Waals surface area contributed by atoms with Gasteiger partial charge in [-0.25, -0.2) is 4.98 Å². The van der Waals surface area contributed by atoms with Gasteiger partial charge in [0.2, 0.25) is 5.91 Å². The standard InChI is InChI=1S/C21H22N2O2S/c1-25-19-9-5-8-17(13-19)20(12-16-6-3-2-4-7-16)21(24)22-11-10-18-14-26-15-23-18/h2-9,13-15,20H,10-12H2,1H3,(H,22,24). The van der Waals surface area contributed by atoms with Crippen molar-refractivity contribution in [1.29, 1.82) is 0 Å². The number of rotatable bonds is 8. The van der Waals surface area contributed by atoms with Crippen LogP contribution in [0.1, 0.15) is 22.7 Å². The molecule has 1 aromatic heterocycles. The molecule has 2 aromatic carbocycles. The Morgan fingerprint density at radius 2 is 2.04 bits per heavy atom. The number of carbonyl (C=O) groups excluding carboxylic acids is 1. The van der Waals surface area contributed by atoms with Crippen LogP contribution < -0.4 is 10.1 Å². The second-order valence-electron chi connectivity index (χ2n) is 6.04. The maximum absolute atomic E-state index is 12.9. The molecule has 0 saturated heterocycles. The Morgan fingerprint density at radius 3 is 2.77 bits per heavy atom. The van der Waals surface area contributed by atoms with Gasteiger partial charge in [0.15, 0.2) is 0 Å². The lowest BCUT2D eigenvalue weighted by atomic mass is 9.91. The van der Waals surface area contributed by atoms with Crippen LogP contribution in [0.3, 0.4) is 0 Å². The summed E-state index contributed by atoms with van der Waals surface area (Å²) in [6.07, 6.45) is 1.39. The van der Waals surface area contributed by atoms with Crippen molar-refractivity contribution in [3.05, 3.63) is 82.3 Å². The number of hydrogen-bond acceptors (Lipinski definition) is 4. The summed E-state index contributed by atoms with van der Waals surface area (Å²) in [6, 6.07) is 17.8. The molecule has 0 spiro atoms. The Morgan fingerprint density at radius 1 is 1.19 bits per heavy atom. The summed E-state index contributed by atoms with van der Waals surface area (Å²) in [7, 11) is 1.64. The van der Waals surface area contributed by atoms with E-state index in [1.54, 1.807) is 18.4 Å². The van der Waals surface area contributed by atoms with Crippen LogP contribution >= 0.6 is 11.3 Å². The van der Waals surface area contributed by atoms with Crippen LogP contribution in [0.2, 0.25) is 0 Å². The third-order valence-electron chi connectivity index (χ3n) is 4.26. The van der Waals surface area contributed by atoms with Gasteiger partial charge in [0, 0.05) is 18.3 Å². The highest BCUT2D eigenvalue weighted by molar-refractivity contribution is 7.07. The molecule has 0 aliphatic carbocycles. The Bertz CT molecular complexity index is 819. The number of methoxy groups -OCH3 is 1. The van der Waals surface area contributed by atoms with Crippen molar-refractivity contribution in [2.45, 2.75) is 18.8 Å². The van der Waals surface area contributed by atoms with Gasteiger partial charge >= 0.3 is 0 Å². The maximum atomic E-state index is 12.9.